The fraction of sp³-hybridized carbons (Fsp3) is 0.330. The average Bonchev–Trinajstić information content (AvgIpc) is 1.53. The number of rotatable bonds is 11. The number of amides is 4. The highest BCUT2D eigenvalue weighted by Gasteiger charge is 2.52. The van der Waals surface area contributed by atoms with E-state index in [9.17, 15) is 53.9 Å². The summed E-state index contributed by atoms with van der Waals surface area (Å²) in [6.45, 7) is 11.6. The highest BCUT2D eigenvalue weighted by Crippen LogP contribution is 2.53. The molecule has 5 fully saturated rings. The Bertz CT molecular complexity index is 6620. The summed E-state index contributed by atoms with van der Waals surface area (Å²) in [6.07, 6.45) is 4.96. The number of piperidine rings is 4. The van der Waals surface area contributed by atoms with Crippen LogP contribution in [0, 0.1) is 18.3 Å². The number of carbonyl (C=O) groups excluding carboxylic acids is 4. The lowest BCUT2D eigenvalue weighted by molar-refractivity contribution is -0.143. The molecule has 0 N–H and O–H groups in total. The highest BCUT2D eigenvalue weighted by atomic mass is 35.5. The van der Waals surface area contributed by atoms with Gasteiger partial charge in [-0.3, -0.25) is 28.8 Å². The molecule has 8 aliphatic heterocycles. The molecule has 0 unspecified atom stereocenters. The lowest BCUT2D eigenvalue weighted by atomic mass is 9.81. The number of fused-ring (bicyclic) bond motifs is 16. The molecule has 32 heteroatoms. The van der Waals surface area contributed by atoms with Crippen LogP contribution in [0.25, 0.3) is 28.5 Å². The first-order valence-corrected chi connectivity index (χ1v) is 46.3. The number of nitrogens with zero attached hydrogens (tertiary/aromatic N) is 11. The number of ether oxygens (including phenoxy) is 6. The summed E-state index contributed by atoms with van der Waals surface area (Å²) in [5.74, 6) is 2.45. The van der Waals surface area contributed by atoms with E-state index in [2.05, 4.69) is 31.4 Å². The SMILES string of the molecule is CCCOc1ccc(C(=O)N2CCC3(CC2)Oc2cc(Cl)ccc2-n2cccc23)cc1C(F)(F)F.Cc1cc(C(=O)N2CCC3(CC2)Oc2cccnc2-c2c3cnn2C)ccc1OC(C)C.N#Cc1cccc(C(=O)N2CCC3(CC2)Oc2cc(Cl)ccc2-n2cccc23)c1.O=C(c1ccc(S(=O)(=O)C2CC2)cc1)N1CCC2(CC1)Oc1ccccc1-n1c(C(F)(F)F)ccc12. The summed E-state index contributed by atoms with van der Waals surface area (Å²) in [4.78, 5) is 64.2. The first-order chi connectivity index (χ1) is 63.3. The standard InChI is InChI=1S/C26H24ClF3N2O3.C26H23F3N2O4S.C25H28N4O3.C23H18ClN3O2/c1-2-14-34-21-8-5-17(15-19(21)26(28,29)30)24(33)31-12-9-25(10-13-31)23-4-3-11-32(23)20-7-6-18(27)16-22(20)35-25;27-26(28,29)23-12-11-22-25(35-21-4-2-1-3-20(21)31(22)23)13-15-30(16-14-25)24(32)17-5-7-18(8-6-17)36(33,34)19-9-10-19;1-16(2)31-20-8-7-18(14-17(20)3)24(30)29-12-9-25(10-13-29)19-15-27-28(4)23(19)22-21(32-25)6-5-11-26-22;24-18-6-7-19-20(14-18)29-23(21-5-2-10-27(19)21)8-11-26(12-9-23)22(28)17-4-1-3-16(13-17)15-25/h3-8,11,15-16H,2,9-10,12-14H2,1H3;1-8,11-12,19H,9-10,13-16H2;5-8,11,14-16H,9-10,12-13H2,1-4H3;1-7,10,13-14H,8-9,11-12H2. The predicted octanol–water partition coefficient (Wildman–Crippen LogP) is 20.0. The van der Waals surface area contributed by atoms with Gasteiger partial charge in [0.25, 0.3) is 23.6 Å². The van der Waals surface area contributed by atoms with E-state index in [1.54, 1.807) is 76.7 Å². The molecule has 4 spiro atoms. The summed E-state index contributed by atoms with van der Waals surface area (Å²) in [5.41, 5.74) is 6.38. The van der Waals surface area contributed by atoms with E-state index < -0.39 is 61.8 Å². The van der Waals surface area contributed by atoms with Gasteiger partial charge in [-0.25, -0.2) is 8.42 Å². The summed E-state index contributed by atoms with van der Waals surface area (Å²) < 4.78 is 151. The maximum absolute atomic E-state index is 13.8. The number of nitriles is 1. The van der Waals surface area contributed by atoms with E-state index >= 15 is 0 Å². The number of sulfone groups is 1. The number of para-hydroxylation sites is 2. The smallest absolute Gasteiger partial charge is 0.431 e. The summed E-state index contributed by atoms with van der Waals surface area (Å²) in [5, 5.41) is 14.5. The van der Waals surface area contributed by atoms with E-state index in [4.69, 9.17) is 56.9 Å². The second kappa shape index (κ2) is 35.3. The molecule has 13 heterocycles. The second-order valence-electron chi connectivity index (χ2n) is 34.8. The number of aromatic nitrogens is 6. The molecule has 5 aromatic heterocycles. The molecule has 0 radical (unpaired) electrons. The van der Waals surface area contributed by atoms with Gasteiger partial charge in [0.15, 0.2) is 26.6 Å². The first kappa shape index (κ1) is 89.6. The van der Waals surface area contributed by atoms with Gasteiger partial charge in [-0.05, 0) is 209 Å². The Hall–Kier alpha value is -13.0. The van der Waals surface area contributed by atoms with Crippen molar-refractivity contribution < 1.29 is 82.4 Å². The number of halogens is 8. The topological polar surface area (TPSA) is 240 Å². The monoisotopic (exact) mass is 1860 g/mol. The van der Waals surface area contributed by atoms with Crippen LogP contribution in [-0.4, -0.2) is 150 Å². The van der Waals surface area contributed by atoms with Crippen molar-refractivity contribution >= 4 is 56.7 Å². The zero-order valence-corrected chi connectivity index (χ0v) is 75.2. The van der Waals surface area contributed by atoms with E-state index in [1.165, 1.54) is 47.0 Å². The van der Waals surface area contributed by atoms with Gasteiger partial charge < -0.3 is 61.7 Å². The number of hydrogen-bond donors (Lipinski definition) is 0. The third kappa shape index (κ3) is 17.0. The molecular formula is C100H93Cl2F6N11O12S. The quantitative estimate of drug-likeness (QED) is 0.109. The van der Waals surface area contributed by atoms with Gasteiger partial charge in [-0.1, -0.05) is 48.3 Å². The van der Waals surface area contributed by atoms with Crippen molar-refractivity contribution in [2.75, 3.05) is 59.0 Å². The fourth-order valence-corrected chi connectivity index (χ4v) is 21.1. The van der Waals surface area contributed by atoms with Gasteiger partial charge in [0.1, 0.15) is 51.5 Å². The molecular weight excluding hydrogens is 1760 g/mol. The van der Waals surface area contributed by atoms with Crippen LogP contribution in [0.15, 0.2) is 224 Å². The van der Waals surface area contributed by atoms with Crippen molar-refractivity contribution in [3.05, 3.63) is 296 Å². The number of hydrogen-bond acceptors (Lipinski definition) is 15. The molecule has 21 rings (SSSR count). The van der Waals surface area contributed by atoms with E-state index in [0.29, 0.717) is 165 Å². The normalized spacial score (nSPS) is 17.1. The van der Waals surface area contributed by atoms with E-state index in [0.717, 1.165) is 74.7 Å². The maximum Gasteiger partial charge on any atom is 0.431 e. The first-order valence-electron chi connectivity index (χ1n) is 44.0. The van der Waals surface area contributed by atoms with Gasteiger partial charge in [0.05, 0.1) is 86.1 Å². The Morgan fingerprint density at radius 2 is 1.03 bits per heavy atom. The Morgan fingerprint density at radius 3 is 1.56 bits per heavy atom. The van der Waals surface area contributed by atoms with Gasteiger partial charge in [0, 0.05) is 179 Å². The van der Waals surface area contributed by atoms with Crippen LogP contribution in [-0.2, 0) is 51.6 Å². The lowest BCUT2D eigenvalue weighted by Crippen LogP contribution is -2.50. The Morgan fingerprint density at radius 1 is 0.530 bits per heavy atom. The molecule has 0 bridgehead atoms. The lowest BCUT2D eigenvalue weighted by Gasteiger charge is -2.45. The Kier molecular flexibility index (Phi) is 24.0. The average molecular weight is 1860 g/mol. The number of pyridine rings is 1. The molecule has 1 aliphatic carbocycles. The van der Waals surface area contributed by atoms with Crippen LogP contribution in [0.3, 0.4) is 0 Å². The highest BCUT2D eigenvalue weighted by molar-refractivity contribution is 7.92. The third-order valence-electron chi connectivity index (χ3n) is 26.0. The maximum atomic E-state index is 13.8. The van der Waals surface area contributed by atoms with Gasteiger partial charge >= 0.3 is 12.4 Å². The summed E-state index contributed by atoms with van der Waals surface area (Å²) in [6, 6.07) is 56.4. The van der Waals surface area contributed by atoms with Crippen LogP contribution in [0.5, 0.6) is 34.5 Å². The Labute approximate surface area is 768 Å². The Balaban J connectivity index is 0.000000118. The number of likely N-dealkylation sites (tertiary alicyclic amines) is 4. The van der Waals surface area contributed by atoms with Crippen molar-refractivity contribution in [1.82, 2.24) is 48.1 Å². The number of carbonyl (C=O) groups is 4. The minimum absolute atomic E-state index is 0.0119. The van der Waals surface area contributed by atoms with Crippen LogP contribution in [0.4, 0.5) is 26.3 Å². The molecule has 12 aromatic rings. The van der Waals surface area contributed by atoms with Gasteiger partial charge in [-0.15, -0.1) is 0 Å². The number of aryl methyl sites for hydroxylation is 2. The molecule has 7 aromatic carbocycles. The van der Waals surface area contributed by atoms with E-state index in [1.807, 2.05) is 141 Å². The molecule has 682 valence electrons. The summed E-state index contributed by atoms with van der Waals surface area (Å²) in [7, 11) is -1.40. The molecule has 1 saturated carbocycles. The van der Waals surface area contributed by atoms with Crippen molar-refractivity contribution in [1.29, 1.82) is 5.26 Å². The molecule has 0 atom stereocenters. The largest absolute Gasteiger partial charge is 0.493 e. The van der Waals surface area contributed by atoms with Crippen LogP contribution < -0.4 is 28.4 Å². The van der Waals surface area contributed by atoms with Crippen LogP contribution in [0.2, 0.25) is 10.0 Å². The third-order valence-corrected chi connectivity index (χ3v) is 28.8. The summed E-state index contributed by atoms with van der Waals surface area (Å²) >= 11 is 12.4. The second-order valence-corrected chi connectivity index (χ2v) is 37.9. The predicted molar refractivity (Wildman–Crippen MR) is 481 cm³/mol. The van der Waals surface area contributed by atoms with Crippen molar-refractivity contribution in [2.24, 2.45) is 7.05 Å². The van der Waals surface area contributed by atoms with Gasteiger partial charge in [-0.2, -0.15) is 36.7 Å². The van der Waals surface area contributed by atoms with E-state index in [-0.39, 0.29) is 65.0 Å². The van der Waals surface area contributed by atoms with Gasteiger partial charge in [0.2, 0.25) is 0 Å². The molecule has 132 heavy (non-hydrogen) atoms. The zero-order valence-electron chi connectivity index (χ0n) is 72.8. The molecule has 9 aliphatic rings. The van der Waals surface area contributed by atoms with Crippen LogP contribution in [0.1, 0.15) is 178 Å². The minimum atomic E-state index is -4.62. The zero-order chi connectivity index (χ0) is 92.6. The molecule has 4 amide bonds. The van der Waals surface area contributed by atoms with Crippen LogP contribution >= 0.6 is 23.2 Å². The fourth-order valence-electron chi connectivity index (χ4n) is 19.2. The molecule has 23 nitrogen and oxygen atoms in total. The van der Waals surface area contributed by atoms with Crippen molar-refractivity contribution in [3.8, 4) is 69.0 Å². The number of alkyl halides is 6. The number of benzene rings is 7. The van der Waals surface area contributed by atoms with Crippen molar-refractivity contribution in [2.45, 2.75) is 149 Å². The molecule has 4 saturated heterocycles. The minimum Gasteiger partial charge on any atom is -0.493 e. The van der Waals surface area contributed by atoms with Crippen molar-refractivity contribution in [3.63, 3.8) is 0 Å².